The van der Waals surface area contributed by atoms with Gasteiger partial charge in [-0.25, -0.2) is 4.79 Å². The van der Waals surface area contributed by atoms with Crippen molar-refractivity contribution >= 4 is 31.8 Å². The maximum Gasteiger partial charge on any atom is 0.491 e. The third kappa shape index (κ3) is 3.37. The second-order valence-electron chi connectivity index (χ2n) is 6.24. The molecule has 0 atom stereocenters. The molecule has 118 valence electrons. The van der Waals surface area contributed by atoms with E-state index in [1.807, 2.05) is 27.7 Å². The molecule has 2 heterocycles. The van der Waals surface area contributed by atoms with Crippen molar-refractivity contribution in [2.45, 2.75) is 38.9 Å². The lowest BCUT2D eigenvalue weighted by Crippen LogP contribution is -2.41. The number of carboxylic acid groups (broad SMARTS) is 1. The van der Waals surface area contributed by atoms with Gasteiger partial charge >= 0.3 is 13.1 Å². The molecule has 1 aliphatic heterocycles. The van der Waals surface area contributed by atoms with Gasteiger partial charge in [0.1, 0.15) is 0 Å². The highest BCUT2D eigenvalue weighted by molar-refractivity contribution is 7.80. The first kappa shape index (κ1) is 17.1. The molecule has 22 heavy (non-hydrogen) atoms. The van der Waals surface area contributed by atoms with Crippen LogP contribution in [0.5, 0.6) is 0 Å². The fourth-order valence-electron chi connectivity index (χ4n) is 2.03. The molecule has 0 aliphatic carbocycles. The van der Waals surface area contributed by atoms with Crippen molar-refractivity contribution in [2.75, 3.05) is 5.75 Å². The minimum Gasteiger partial charge on any atom is -0.478 e. The molecule has 2 rings (SSSR count). The van der Waals surface area contributed by atoms with E-state index in [-0.39, 0.29) is 5.56 Å². The van der Waals surface area contributed by atoms with Crippen LogP contribution in [0.3, 0.4) is 0 Å². The smallest absolute Gasteiger partial charge is 0.478 e. The van der Waals surface area contributed by atoms with Crippen molar-refractivity contribution in [2.24, 2.45) is 0 Å². The van der Waals surface area contributed by atoms with E-state index in [4.69, 9.17) is 14.4 Å². The number of thiol groups is 1. The van der Waals surface area contributed by atoms with E-state index in [1.54, 1.807) is 6.08 Å². The van der Waals surface area contributed by atoms with Gasteiger partial charge in [0.25, 0.3) is 0 Å². The zero-order valence-electron chi connectivity index (χ0n) is 13.2. The summed E-state index contributed by atoms with van der Waals surface area (Å²) in [4.78, 5) is 15.2. The fourth-order valence-corrected chi connectivity index (χ4v) is 2.27. The largest absolute Gasteiger partial charge is 0.491 e. The number of hydrogen-bond acceptors (Lipinski definition) is 5. The van der Waals surface area contributed by atoms with Crippen LogP contribution >= 0.6 is 12.6 Å². The number of aromatic carboxylic acids is 1. The molecule has 0 spiro atoms. The van der Waals surface area contributed by atoms with Crippen molar-refractivity contribution in [1.82, 2.24) is 4.98 Å². The summed E-state index contributed by atoms with van der Waals surface area (Å²) in [5.74, 6) is -0.560. The lowest BCUT2D eigenvalue weighted by atomic mass is 9.78. The summed E-state index contributed by atoms with van der Waals surface area (Å²) in [6, 6.07) is 2.96. The minimum atomic E-state index is -0.986. The summed E-state index contributed by atoms with van der Waals surface area (Å²) < 4.78 is 12.0. The number of aromatic nitrogens is 1. The maximum absolute atomic E-state index is 11.0. The van der Waals surface area contributed by atoms with Crippen molar-refractivity contribution in [3.63, 3.8) is 0 Å². The van der Waals surface area contributed by atoms with Gasteiger partial charge in [-0.3, -0.25) is 4.98 Å². The number of nitrogens with zero attached hydrogens (tertiary/aromatic N) is 1. The Labute approximate surface area is 136 Å². The Hall–Kier alpha value is -1.31. The number of carbonyl (C=O) groups is 1. The molecule has 1 saturated heterocycles. The molecule has 0 saturated carbocycles. The van der Waals surface area contributed by atoms with Gasteiger partial charge in [-0.15, -0.1) is 0 Å². The Morgan fingerprint density at radius 3 is 2.45 bits per heavy atom. The standard InChI is InChI=1S/C15H20BNO4S/c1-14(2)15(3,4)21-16(20-14)11(9-22)8-12-7-10(13(18)19)5-6-17-12/h5-8,22H,9H2,1-4H3,(H,18,19). The van der Waals surface area contributed by atoms with Crippen molar-refractivity contribution in [3.8, 4) is 0 Å². The summed E-state index contributed by atoms with van der Waals surface area (Å²) >= 11 is 4.33. The third-order valence-corrected chi connectivity index (χ3v) is 4.47. The molecule has 7 heteroatoms. The van der Waals surface area contributed by atoms with Gasteiger partial charge in [0.15, 0.2) is 0 Å². The van der Waals surface area contributed by atoms with Crippen LogP contribution in [0.25, 0.3) is 6.08 Å². The Morgan fingerprint density at radius 1 is 1.36 bits per heavy atom. The normalized spacial score (nSPS) is 20.2. The first-order valence-electron chi connectivity index (χ1n) is 7.02. The van der Waals surface area contributed by atoms with Crippen LogP contribution < -0.4 is 0 Å². The molecule has 1 N–H and O–H groups in total. The fraction of sp³-hybridized carbons (Fsp3) is 0.467. The van der Waals surface area contributed by atoms with Gasteiger partial charge < -0.3 is 14.4 Å². The predicted octanol–water partition coefficient (Wildman–Crippen LogP) is 2.72. The average molecular weight is 321 g/mol. The van der Waals surface area contributed by atoms with Crippen LogP contribution in [0.4, 0.5) is 0 Å². The van der Waals surface area contributed by atoms with E-state index in [1.165, 1.54) is 18.3 Å². The van der Waals surface area contributed by atoms with Gasteiger partial charge in [0.2, 0.25) is 0 Å². The zero-order chi connectivity index (χ0) is 16.5. The Balaban J connectivity index is 2.29. The van der Waals surface area contributed by atoms with Crippen LogP contribution in [0.1, 0.15) is 43.7 Å². The van der Waals surface area contributed by atoms with Crippen LogP contribution in [-0.4, -0.2) is 40.1 Å². The molecule has 0 aromatic carbocycles. The quantitative estimate of drug-likeness (QED) is 0.659. The second-order valence-corrected chi connectivity index (χ2v) is 6.56. The molecule has 1 fully saturated rings. The number of hydrogen-bond donors (Lipinski definition) is 2. The molecule has 0 amide bonds. The highest BCUT2D eigenvalue weighted by Gasteiger charge is 2.52. The maximum atomic E-state index is 11.0. The second kappa shape index (κ2) is 6.06. The topological polar surface area (TPSA) is 68.7 Å². The summed E-state index contributed by atoms with van der Waals surface area (Å²) in [7, 11) is -0.516. The van der Waals surface area contributed by atoms with Crippen molar-refractivity contribution in [1.29, 1.82) is 0 Å². The number of rotatable bonds is 4. The molecule has 0 bridgehead atoms. The van der Waals surface area contributed by atoms with E-state index in [0.29, 0.717) is 11.4 Å². The third-order valence-electron chi connectivity index (χ3n) is 4.10. The number of carboxylic acids is 1. The summed E-state index contributed by atoms with van der Waals surface area (Å²) in [6.07, 6.45) is 3.23. The van der Waals surface area contributed by atoms with E-state index in [0.717, 1.165) is 5.47 Å². The van der Waals surface area contributed by atoms with Crippen molar-refractivity contribution in [3.05, 3.63) is 35.1 Å². The van der Waals surface area contributed by atoms with Gasteiger partial charge in [0.05, 0.1) is 22.5 Å². The van der Waals surface area contributed by atoms with Gasteiger partial charge in [0, 0.05) is 11.9 Å². The van der Waals surface area contributed by atoms with E-state index in [2.05, 4.69) is 17.6 Å². The average Bonchev–Trinajstić information content (AvgIpc) is 2.65. The molecule has 1 aromatic rings. The lowest BCUT2D eigenvalue weighted by molar-refractivity contribution is 0.00578. The lowest BCUT2D eigenvalue weighted by Gasteiger charge is -2.32. The first-order valence-corrected chi connectivity index (χ1v) is 7.66. The highest BCUT2D eigenvalue weighted by atomic mass is 32.1. The van der Waals surface area contributed by atoms with E-state index < -0.39 is 24.3 Å². The SMILES string of the molecule is CC1(C)OB(C(=Cc2cc(C(=O)O)ccn2)CS)OC1(C)C. The Bertz CT molecular complexity index is 599. The summed E-state index contributed by atoms with van der Waals surface area (Å²) in [5, 5.41) is 9.04. The molecular formula is C15H20BNO4S. The highest BCUT2D eigenvalue weighted by Crippen LogP contribution is 2.38. The first-order chi connectivity index (χ1) is 10.2. The van der Waals surface area contributed by atoms with Crippen LogP contribution in [0.2, 0.25) is 0 Å². The molecule has 5 nitrogen and oxygen atoms in total. The van der Waals surface area contributed by atoms with Gasteiger partial charge in [-0.2, -0.15) is 12.6 Å². The monoisotopic (exact) mass is 321 g/mol. The zero-order valence-corrected chi connectivity index (χ0v) is 14.1. The van der Waals surface area contributed by atoms with Crippen LogP contribution in [0.15, 0.2) is 23.8 Å². The van der Waals surface area contributed by atoms with Crippen LogP contribution in [-0.2, 0) is 9.31 Å². The molecule has 0 radical (unpaired) electrons. The van der Waals surface area contributed by atoms with E-state index in [9.17, 15) is 4.79 Å². The van der Waals surface area contributed by atoms with Gasteiger partial charge in [-0.05, 0) is 51.4 Å². The molecule has 1 aliphatic rings. The minimum absolute atomic E-state index is 0.189. The Morgan fingerprint density at radius 2 is 1.95 bits per heavy atom. The summed E-state index contributed by atoms with van der Waals surface area (Å²) in [6.45, 7) is 7.91. The van der Waals surface area contributed by atoms with Crippen LogP contribution in [0, 0.1) is 0 Å². The Kier molecular flexibility index (Phi) is 4.70. The molecular weight excluding hydrogens is 301 g/mol. The molecule has 1 aromatic heterocycles. The van der Waals surface area contributed by atoms with Crippen molar-refractivity contribution < 1.29 is 19.2 Å². The van der Waals surface area contributed by atoms with E-state index >= 15 is 0 Å². The molecule has 0 unspecified atom stereocenters. The number of pyridine rings is 1. The summed E-state index contributed by atoms with van der Waals surface area (Å²) in [5.41, 5.74) is 0.663. The predicted molar refractivity (Wildman–Crippen MR) is 89.1 cm³/mol. The van der Waals surface area contributed by atoms with Gasteiger partial charge in [-0.1, -0.05) is 0 Å².